The molecule has 4 fully saturated rings. The summed E-state index contributed by atoms with van der Waals surface area (Å²) in [5, 5.41) is 3.28. The number of carbonyl (C=O) groups is 1. The van der Waals surface area contributed by atoms with Crippen molar-refractivity contribution in [2.45, 2.75) is 57.7 Å². The number of nitrogens with one attached hydrogen (secondary N) is 1. The van der Waals surface area contributed by atoms with E-state index in [0.717, 1.165) is 43.4 Å². The van der Waals surface area contributed by atoms with Gasteiger partial charge in [0.05, 0.1) is 12.7 Å². The molecule has 128 valence electrons. The first kappa shape index (κ1) is 14.9. The Labute approximate surface area is 144 Å². The third-order valence-electron chi connectivity index (χ3n) is 7.05. The molecule has 4 aliphatic carbocycles. The first-order chi connectivity index (χ1) is 11.7. The average Bonchev–Trinajstić information content (AvgIpc) is 2.58. The van der Waals surface area contributed by atoms with E-state index in [1.807, 2.05) is 0 Å². The van der Waals surface area contributed by atoms with Gasteiger partial charge >= 0.3 is 0 Å². The molecule has 1 aliphatic heterocycles. The van der Waals surface area contributed by atoms with E-state index in [1.54, 1.807) is 0 Å². The van der Waals surface area contributed by atoms with Gasteiger partial charge in [-0.15, -0.1) is 0 Å². The predicted molar refractivity (Wildman–Crippen MR) is 92.3 cm³/mol. The van der Waals surface area contributed by atoms with Gasteiger partial charge in [0.25, 0.3) is 0 Å². The molecule has 3 heteroatoms. The van der Waals surface area contributed by atoms with Crippen LogP contribution in [0.15, 0.2) is 24.3 Å². The summed E-state index contributed by atoms with van der Waals surface area (Å²) in [4.78, 5) is 13.0. The number of ether oxygens (including phenoxy) is 1. The molecule has 4 saturated carbocycles. The second-order valence-electron chi connectivity index (χ2n) is 8.81. The van der Waals surface area contributed by atoms with Crippen molar-refractivity contribution < 1.29 is 9.53 Å². The number of benzene rings is 1. The quantitative estimate of drug-likeness (QED) is 0.924. The molecule has 24 heavy (non-hydrogen) atoms. The average molecular weight is 325 g/mol. The Morgan fingerprint density at radius 2 is 1.67 bits per heavy atom. The zero-order valence-electron chi connectivity index (χ0n) is 14.3. The maximum absolute atomic E-state index is 13.0. The van der Waals surface area contributed by atoms with Crippen molar-refractivity contribution in [2.75, 3.05) is 6.54 Å². The van der Waals surface area contributed by atoms with Gasteiger partial charge in [0.15, 0.2) is 0 Å². The number of hydrogen-bond donors (Lipinski definition) is 1. The number of fused-ring (bicyclic) bond motifs is 1. The van der Waals surface area contributed by atoms with Crippen LogP contribution in [0.1, 0.15) is 49.7 Å². The van der Waals surface area contributed by atoms with Gasteiger partial charge in [0, 0.05) is 18.4 Å². The summed E-state index contributed by atoms with van der Waals surface area (Å²) in [7, 11) is 0. The lowest BCUT2D eigenvalue weighted by atomic mass is 9.49. The lowest BCUT2D eigenvalue weighted by Gasteiger charge is -2.55. The third-order valence-corrected chi connectivity index (χ3v) is 7.05. The highest BCUT2D eigenvalue weighted by atomic mass is 16.5. The standard InChI is InChI=1S/C21H27NO2/c23-20(21-9-14-5-15(10-21)7-16(6-14)11-21)22-12-19-8-17-3-1-2-4-18(17)13-24-19/h1-4,14-16,19H,5-13H2,(H,22,23). The van der Waals surface area contributed by atoms with Gasteiger partial charge in [-0.2, -0.15) is 0 Å². The number of hydrogen-bond acceptors (Lipinski definition) is 2. The Morgan fingerprint density at radius 3 is 2.33 bits per heavy atom. The molecule has 1 atom stereocenters. The molecule has 0 saturated heterocycles. The molecule has 0 radical (unpaired) electrons. The van der Waals surface area contributed by atoms with Gasteiger partial charge in [-0.05, 0) is 67.4 Å². The molecule has 1 aromatic carbocycles. The molecular weight excluding hydrogens is 298 g/mol. The first-order valence-corrected chi connectivity index (χ1v) is 9.67. The molecule has 1 amide bonds. The van der Waals surface area contributed by atoms with Crippen molar-refractivity contribution in [1.82, 2.24) is 5.32 Å². The minimum atomic E-state index is -0.0404. The van der Waals surface area contributed by atoms with E-state index in [0.29, 0.717) is 19.1 Å². The normalized spacial score (nSPS) is 39.5. The Balaban J connectivity index is 1.22. The van der Waals surface area contributed by atoms with E-state index in [2.05, 4.69) is 29.6 Å². The monoisotopic (exact) mass is 325 g/mol. The van der Waals surface area contributed by atoms with Gasteiger partial charge < -0.3 is 10.1 Å². The summed E-state index contributed by atoms with van der Waals surface area (Å²) in [5.74, 6) is 2.78. The van der Waals surface area contributed by atoms with Crippen molar-refractivity contribution in [3.63, 3.8) is 0 Å². The maximum atomic E-state index is 13.0. The minimum Gasteiger partial charge on any atom is -0.371 e. The highest BCUT2D eigenvalue weighted by molar-refractivity contribution is 5.83. The minimum absolute atomic E-state index is 0.0404. The van der Waals surface area contributed by atoms with Crippen molar-refractivity contribution in [1.29, 1.82) is 0 Å². The third kappa shape index (κ3) is 2.48. The maximum Gasteiger partial charge on any atom is 0.226 e. The summed E-state index contributed by atoms with van der Waals surface area (Å²) in [6.45, 7) is 1.34. The fraction of sp³-hybridized carbons (Fsp3) is 0.667. The molecule has 1 unspecified atom stereocenters. The van der Waals surface area contributed by atoms with Crippen LogP contribution in [0.5, 0.6) is 0 Å². The Bertz CT molecular complexity index is 618. The van der Waals surface area contributed by atoms with Crippen LogP contribution in [0, 0.1) is 23.2 Å². The predicted octanol–water partition coefficient (Wildman–Crippen LogP) is 3.46. The van der Waals surface area contributed by atoms with Gasteiger partial charge in [0.1, 0.15) is 0 Å². The zero-order chi connectivity index (χ0) is 16.1. The van der Waals surface area contributed by atoms with Crippen LogP contribution in [0.2, 0.25) is 0 Å². The van der Waals surface area contributed by atoms with Crippen molar-refractivity contribution in [3.05, 3.63) is 35.4 Å². The molecule has 3 nitrogen and oxygen atoms in total. The smallest absolute Gasteiger partial charge is 0.226 e. The SMILES string of the molecule is O=C(NCC1Cc2ccccc2CO1)C12CC3CC(CC(C3)C1)C2. The van der Waals surface area contributed by atoms with Crippen molar-refractivity contribution in [3.8, 4) is 0 Å². The highest BCUT2D eigenvalue weighted by Crippen LogP contribution is 2.60. The van der Waals surface area contributed by atoms with Gasteiger partial charge in [-0.25, -0.2) is 0 Å². The van der Waals surface area contributed by atoms with E-state index in [9.17, 15) is 4.79 Å². The Morgan fingerprint density at radius 1 is 1.04 bits per heavy atom. The fourth-order valence-corrected chi connectivity index (χ4v) is 6.32. The summed E-state index contributed by atoms with van der Waals surface area (Å²) in [6.07, 6.45) is 8.60. The van der Waals surface area contributed by atoms with E-state index >= 15 is 0 Å². The van der Waals surface area contributed by atoms with Gasteiger partial charge in [-0.1, -0.05) is 24.3 Å². The van der Waals surface area contributed by atoms with E-state index < -0.39 is 0 Å². The molecule has 5 aliphatic rings. The molecule has 4 bridgehead atoms. The lowest BCUT2D eigenvalue weighted by molar-refractivity contribution is -0.147. The molecule has 1 aromatic rings. The molecule has 1 heterocycles. The second kappa shape index (κ2) is 5.59. The van der Waals surface area contributed by atoms with Crippen LogP contribution in [-0.2, 0) is 22.6 Å². The highest BCUT2D eigenvalue weighted by Gasteiger charge is 2.54. The van der Waals surface area contributed by atoms with Crippen LogP contribution in [-0.4, -0.2) is 18.6 Å². The molecular formula is C21H27NO2. The number of amides is 1. The Hall–Kier alpha value is -1.35. The number of rotatable bonds is 3. The largest absolute Gasteiger partial charge is 0.371 e. The summed E-state index contributed by atoms with van der Waals surface area (Å²) < 4.78 is 5.96. The zero-order valence-corrected chi connectivity index (χ0v) is 14.3. The Kier molecular flexibility index (Phi) is 3.48. The van der Waals surface area contributed by atoms with Gasteiger partial charge in [0.2, 0.25) is 5.91 Å². The fourth-order valence-electron chi connectivity index (χ4n) is 6.32. The van der Waals surface area contributed by atoms with Crippen LogP contribution in [0.4, 0.5) is 0 Å². The van der Waals surface area contributed by atoms with Crippen molar-refractivity contribution in [2.24, 2.45) is 23.2 Å². The van der Waals surface area contributed by atoms with Crippen LogP contribution >= 0.6 is 0 Å². The second-order valence-corrected chi connectivity index (χ2v) is 8.81. The molecule has 0 spiro atoms. The summed E-state index contributed by atoms with van der Waals surface area (Å²) in [6, 6.07) is 8.48. The lowest BCUT2D eigenvalue weighted by Crippen LogP contribution is -2.54. The van der Waals surface area contributed by atoms with Crippen molar-refractivity contribution >= 4 is 5.91 Å². The number of carbonyl (C=O) groups excluding carboxylic acids is 1. The summed E-state index contributed by atoms with van der Waals surface area (Å²) in [5.41, 5.74) is 2.63. The van der Waals surface area contributed by atoms with E-state index in [1.165, 1.54) is 30.4 Å². The van der Waals surface area contributed by atoms with Crippen LogP contribution in [0.25, 0.3) is 0 Å². The topological polar surface area (TPSA) is 38.3 Å². The first-order valence-electron chi connectivity index (χ1n) is 9.67. The van der Waals surface area contributed by atoms with E-state index in [-0.39, 0.29) is 11.5 Å². The molecule has 1 N–H and O–H groups in total. The molecule has 0 aromatic heterocycles. The van der Waals surface area contributed by atoms with Gasteiger partial charge in [-0.3, -0.25) is 4.79 Å². The summed E-state index contributed by atoms with van der Waals surface area (Å²) >= 11 is 0. The van der Waals surface area contributed by atoms with Crippen LogP contribution in [0.3, 0.4) is 0 Å². The molecule has 6 rings (SSSR count). The van der Waals surface area contributed by atoms with Crippen LogP contribution < -0.4 is 5.32 Å². The van der Waals surface area contributed by atoms with E-state index in [4.69, 9.17) is 4.74 Å².